The number of nitro groups is 1. The molecule has 0 aromatic heterocycles. The van der Waals surface area contributed by atoms with Gasteiger partial charge in [-0.25, -0.2) is 0 Å². The smallest absolute Gasteiger partial charge is 0.283 e. The van der Waals surface area contributed by atoms with Gasteiger partial charge in [-0.3, -0.25) is 10.1 Å². The number of hydrogen-bond acceptors (Lipinski definition) is 4. The van der Waals surface area contributed by atoms with Gasteiger partial charge in [0.25, 0.3) is 5.69 Å². The van der Waals surface area contributed by atoms with Crippen LogP contribution >= 0.6 is 15.9 Å². The van der Waals surface area contributed by atoms with Gasteiger partial charge in [-0.1, -0.05) is 12.1 Å². The van der Waals surface area contributed by atoms with Gasteiger partial charge in [0.15, 0.2) is 0 Å². The van der Waals surface area contributed by atoms with Crippen LogP contribution in [0.1, 0.15) is 5.56 Å². The molecule has 6 heteroatoms. The molecule has 0 bridgehead atoms. The molecule has 16 heavy (non-hydrogen) atoms. The zero-order valence-corrected chi connectivity index (χ0v) is 10.5. The topological polar surface area (TPSA) is 64.4 Å². The summed E-state index contributed by atoms with van der Waals surface area (Å²) in [6.45, 7) is 1.91. The van der Waals surface area contributed by atoms with Crippen LogP contribution in [-0.4, -0.2) is 25.2 Å². The molecule has 0 aliphatic rings. The second-order valence-electron chi connectivity index (χ2n) is 3.18. The molecule has 1 aromatic rings. The number of halogens is 1. The number of benzene rings is 1. The van der Waals surface area contributed by atoms with E-state index in [9.17, 15) is 10.1 Å². The summed E-state index contributed by atoms with van der Waals surface area (Å²) in [4.78, 5) is 10.3. The third-order valence-corrected chi connectivity index (χ3v) is 2.97. The average molecular weight is 289 g/mol. The standard InChI is InChI=1S/C10H13BrN2O3/c1-16-6-5-12-7-8-3-2-4-9(10(8)11)13(14)15/h2-4,12H,5-7H2,1H3. The van der Waals surface area contributed by atoms with E-state index < -0.39 is 4.92 Å². The summed E-state index contributed by atoms with van der Waals surface area (Å²) in [5.41, 5.74) is 0.955. The van der Waals surface area contributed by atoms with Crippen molar-refractivity contribution in [2.45, 2.75) is 6.54 Å². The summed E-state index contributed by atoms with van der Waals surface area (Å²) in [6.07, 6.45) is 0. The molecule has 1 aromatic carbocycles. The Labute approximate surface area is 102 Å². The number of nitro benzene ring substituents is 1. The predicted octanol–water partition coefficient (Wildman–Crippen LogP) is 2.09. The molecule has 0 unspecified atom stereocenters. The highest BCUT2D eigenvalue weighted by Gasteiger charge is 2.13. The highest BCUT2D eigenvalue weighted by Crippen LogP contribution is 2.27. The number of nitrogens with zero attached hydrogens (tertiary/aromatic N) is 1. The Bertz CT molecular complexity index is 371. The van der Waals surface area contributed by atoms with E-state index in [0.29, 0.717) is 24.2 Å². The van der Waals surface area contributed by atoms with E-state index in [0.717, 1.165) is 5.56 Å². The quantitative estimate of drug-likeness (QED) is 0.495. The molecule has 0 amide bonds. The Morgan fingerprint density at radius 1 is 1.56 bits per heavy atom. The van der Waals surface area contributed by atoms with E-state index >= 15 is 0 Å². The van der Waals surface area contributed by atoms with Gasteiger partial charge >= 0.3 is 0 Å². The molecule has 88 valence electrons. The maximum atomic E-state index is 10.7. The third kappa shape index (κ3) is 3.55. The van der Waals surface area contributed by atoms with E-state index in [4.69, 9.17) is 4.74 Å². The Morgan fingerprint density at radius 3 is 2.94 bits per heavy atom. The fourth-order valence-electron chi connectivity index (χ4n) is 1.24. The van der Waals surface area contributed by atoms with Gasteiger partial charge in [-0.2, -0.15) is 0 Å². The fourth-order valence-corrected chi connectivity index (χ4v) is 1.79. The summed E-state index contributed by atoms with van der Waals surface area (Å²) in [5, 5.41) is 13.8. The van der Waals surface area contributed by atoms with E-state index in [1.54, 1.807) is 13.2 Å². The van der Waals surface area contributed by atoms with Crippen LogP contribution in [0.25, 0.3) is 0 Å². The molecule has 0 fully saturated rings. The Hall–Kier alpha value is -0.980. The first-order valence-electron chi connectivity index (χ1n) is 4.78. The molecule has 1 N–H and O–H groups in total. The fraction of sp³-hybridized carbons (Fsp3) is 0.400. The lowest BCUT2D eigenvalue weighted by molar-refractivity contribution is -0.385. The molecule has 0 radical (unpaired) electrons. The van der Waals surface area contributed by atoms with E-state index in [-0.39, 0.29) is 5.69 Å². The monoisotopic (exact) mass is 288 g/mol. The average Bonchev–Trinajstić information content (AvgIpc) is 2.26. The number of nitrogens with one attached hydrogen (secondary N) is 1. The minimum absolute atomic E-state index is 0.0889. The third-order valence-electron chi connectivity index (χ3n) is 2.05. The van der Waals surface area contributed by atoms with Crippen molar-refractivity contribution in [3.05, 3.63) is 38.3 Å². The first kappa shape index (κ1) is 13.1. The number of hydrogen-bond donors (Lipinski definition) is 1. The minimum Gasteiger partial charge on any atom is -0.383 e. The van der Waals surface area contributed by atoms with Crippen molar-refractivity contribution in [3.8, 4) is 0 Å². The molecule has 1 rings (SSSR count). The zero-order chi connectivity index (χ0) is 12.0. The molecule has 0 heterocycles. The van der Waals surface area contributed by atoms with E-state index in [1.807, 2.05) is 6.07 Å². The molecule has 0 saturated heterocycles. The van der Waals surface area contributed by atoms with Crippen LogP contribution < -0.4 is 5.32 Å². The van der Waals surface area contributed by atoms with Crippen LogP contribution in [0.3, 0.4) is 0 Å². The van der Waals surface area contributed by atoms with Crippen LogP contribution in [0, 0.1) is 10.1 Å². The molecular formula is C10H13BrN2O3. The van der Waals surface area contributed by atoms with Crippen LogP contribution in [0.4, 0.5) is 5.69 Å². The number of rotatable bonds is 6. The molecular weight excluding hydrogens is 276 g/mol. The maximum Gasteiger partial charge on any atom is 0.283 e. The highest BCUT2D eigenvalue weighted by atomic mass is 79.9. The largest absolute Gasteiger partial charge is 0.383 e. The number of methoxy groups -OCH3 is 1. The van der Waals surface area contributed by atoms with Gasteiger partial charge in [0.2, 0.25) is 0 Å². The van der Waals surface area contributed by atoms with Crippen LogP contribution in [0.5, 0.6) is 0 Å². The highest BCUT2D eigenvalue weighted by molar-refractivity contribution is 9.10. The second kappa shape index (κ2) is 6.57. The van der Waals surface area contributed by atoms with Gasteiger partial charge in [-0.15, -0.1) is 0 Å². The maximum absolute atomic E-state index is 10.7. The molecule has 5 nitrogen and oxygen atoms in total. The molecule has 0 aliphatic heterocycles. The summed E-state index contributed by atoms with van der Waals surface area (Å²) in [7, 11) is 1.63. The normalized spacial score (nSPS) is 10.4. The van der Waals surface area contributed by atoms with Gasteiger partial charge in [0.05, 0.1) is 16.0 Å². The zero-order valence-electron chi connectivity index (χ0n) is 8.90. The van der Waals surface area contributed by atoms with E-state index in [2.05, 4.69) is 21.2 Å². The first-order chi connectivity index (χ1) is 7.66. The SMILES string of the molecule is COCCNCc1cccc([N+](=O)[O-])c1Br. The lowest BCUT2D eigenvalue weighted by Gasteiger charge is -2.06. The summed E-state index contributed by atoms with van der Waals surface area (Å²) in [6, 6.07) is 5.00. The minimum atomic E-state index is -0.400. The van der Waals surface area contributed by atoms with Crippen molar-refractivity contribution in [1.29, 1.82) is 0 Å². The van der Waals surface area contributed by atoms with Crippen LogP contribution in [0.2, 0.25) is 0 Å². The molecule has 0 atom stereocenters. The lowest BCUT2D eigenvalue weighted by atomic mass is 10.2. The molecule has 0 aliphatic carbocycles. The van der Waals surface area contributed by atoms with Crippen molar-refractivity contribution in [3.63, 3.8) is 0 Å². The van der Waals surface area contributed by atoms with Crippen molar-refractivity contribution >= 4 is 21.6 Å². The van der Waals surface area contributed by atoms with Gasteiger partial charge < -0.3 is 10.1 Å². The lowest BCUT2D eigenvalue weighted by Crippen LogP contribution is -2.18. The predicted molar refractivity (Wildman–Crippen MR) is 64.4 cm³/mol. The first-order valence-corrected chi connectivity index (χ1v) is 5.57. The number of ether oxygens (including phenoxy) is 1. The molecule has 0 spiro atoms. The van der Waals surface area contributed by atoms with Crippen molar-refractivity contribution < 1.29 is 9.66 Å². The van der Waals surface area contributed by atoms with Crippen molar-refractivity contribution in [1.82, 2.24) is 5.32 Å². The Morgan fingerprint density at radius 2 is 2.31 bits per heavy atom. The van der Waals surface area contributed by atoms with Crippen LogP contribution in [-0.2, 0) is 11.3 Å². The van der Waals surface area contributed by atoms with Crippen molar-refractivity contribution in [2.75, 3.05) is 20.3 Å². The summed E-state index contributed by atoms with van der Waals surface area (Å²) >= 11 is 3.24. The van der Waals surface area contributed by atoms with E-state index in [1.165, 1.54) is 6.07 Å². The van der Waals surface area contributed by atoms with Gasteiger partial charge in [-0.05, 0) is 21.5 Å². The second-order valence-corrected chi connectivity index (χ2v) is 3.97. The molecule has 0 saturated carbocycles. The summed E-state index contributed by atoms with van der Waals surface area (Å²) in [5.74, 6) is 0. The Balaban J connectivity index is 2.66. The van der Waals surface area contributed by atoms with Gasteiger partial charge in [0, 0.05) is 26.3 Å². The van der Waals surface area contributed by atoms with Gasteiger partial charge in [0.1, 0.15) is 0 Å². The summed E-state index contributed by atoms with van der Waals surface area (Å²) < 4.78 is 5.42. The Kier molecular flexibility index (Phi) is 5.37. The van der Waals surface area contributed by atoms with Crippen LogP contribution in [0.15, 0.2) is 22.7 Å². The van der Waals surface area contributed by atoms with Crippen molar-refractivity contribution in [2.24, 2.45) is 0 Å².